The first kappa shape index (κ1) is 21.9. The van der Waals surface area contributed by atoms with E-state index in [1.54, 1.807) is 30.1 Å². The molecule has 2 heterocycles. The molecule has 1 aromatic carbocycles. The van der Waals surface area contributed by atoms with Crippen LogP contribution in [0.2, 0.25) is 10.0 Å². The lowest BCUT2D eigenvalue weighted by Crippen LogP contribution is -2.36. The molecule has 1 fully saturated rings. The topological polar surface area (TPSA) is 44.3 Å². The van der Waals surface area contributed by atoms with Gasteiger partial charge in [-0.15, -0.1) is 0 Å². The van der Waals surface area contributed by atoms with Gasteiger partial charge in [-0.3, -0.25) is 0 Å². The zero-order valence-electron chi connectivity index (χ0n) is 16.1. The van der Waals surface area contributed by atoms with Gasteiger partial charge in [0, 0.05) is 25.5 Å². The standard InChI is InChI=1S/C19H22Cl2F3N5/c1-28-7-5-12(6-8-28)11-29(2)17-14(19(22,23)24)10-25-18(27-17)26-13-3-4-15(20)16(21)9-13/h3-4,9-10,12H,5-8,11H2,1-2H3,(H,25,26,27). The second-order valence-corrected chi connectivity index (χ2v) is 8.12. The van der Waals surface area contributed by atoms with Crippen LogP contribution in [-0.2, 0) is 6.18 Å². The first-order chi connectivity index (χ1) is 13.6. The highest BCUT2D eigenvalue weighted by atomic mass is 35.5. The lowest BCUT2D eigenvalue weighted by molar-refractivity contribution is -0.137. The van der Waals surface area contributed by atoms with E-state index in [-0.39, 0.29) is 11.8 Å². The summed E-state index contributed by atoms with van der Waals surface area (Å²) < 4.78 is 40.6. The van der Waals surface area contributed by atoms with Gasteiger partial charge in [-0.1, -0.05) is 23.2 Å². The molecule has 1 aromatic heterocycles. The van der Waals surface area contributed by atoms with Crippen LogP contribution in [0.5, 0.6) is 0 Å². The third kappa shape index (κ3) is 5.65. The Hall–Kier alpha value is -1.77. The molecule has 2 aromatic rings. The van der Waals surface area contributed by atoms with Gasteiger partial charge in [0.2, 0.25) is 5.95 Å². The minimum absolute atomic E-state index is 0.0571. The van der Waals surface area contributed by atoms with Crippen molar-refractivity contribution in [3.8, 4) is 0 Å². The third-order valence-corrected chi connectivity index (χ3v) is 5.72. The van der Waals surface area contributed by atoms with Crippen molar-refractivity contribution in [1.29, 1.82) is 0 Å². The normalized spacial score (nSPS) is 16.1. The van der Waals surface area contributed by atoms with Crippen molar-refractivity contribution in [3.05, 3.63) is 40.0 Å². The van der Waals surface area contributed by atoms with Crippen molar-refractivity contribution in [2.24, 2.45) is 5.92 Å². The van der Waals surface area contributed by atoms with Crippen LogP contribution in [0.3, 0.4) is 0 Å². The van der Waals surface area contributed by atoms with Gasteiger partial charge in [0.05, 0.1) is 10.0 Å². The average molecular weight is 448 g/mol. The molecule has 1 aliphatic heterocycles. The zero-order valence-corrected chi connectivity index (χ0v) is 17.6. The lowest BCUT2D eigenvalue weighted by Gasteiger charge is -2.32. The Kier molecular flexibility index (Phi) is 6.76. The number of anilines is 3. The van der Waals surface area contributed by atoms with Crippen LogP contribution in [0.1, 0.15) is 18.4 Å². The first-order valence-electron chi connectivity index (χ1n) is 9.19. The molecule has 1 aliphatic rings. The minimum atomic E-state index is -4.54. The molecule has 1 N–H and O–H groups in total. The molecule has 0 radical (unpaired) electrons. The second kappa shape index (κ2) is 8.93. The van der Waals surface area contributed by atoms with Crippen molar-refractivity contribution in [1.82, 2.24) is 14.9 Å². The molecule has 0 unspecified atom stereocenters. The maximum absolute atomic E-state index is 13.5. The molecular formula is C19H22Cl2F3N5. The quantitative estimate of drug-likeness (QED) is 0.671. The highest BCUT2D eigenvalue weighted by Crippen LogP contribution is 2.36. The predicted octanol–water partition coefficient (Wildman–Crippen LogP) is 5.32. The summed E-state index contributed by atoms with van der Waals surface area (Å²) in [5, 5.41) is 3.59. The summed E-state index contributed by atoms with van der Waals surface area (Å²) >= 11 is 11.9. The molecule has 0 spiro atoms. The summed E-state index contributed by atoms with van der Waals surface area (Å²) in [5.41, 5.74) is -0.323. The molecule has 0 saturated carbocycles. The van der Waals surface area contributed by atoms with E-state index in [9.17, 15) is 13.2 Å². The average Bonchev–Trinajstić information content (AvgIpc) is 2.65. The molecular weight excluding hydrogens is 426 g/mol. The summed E-state index contributed by atoms with van der Waals surface area (Å²) in [6, 6.07) is 4.80. The van der Waals surface area contributed by atoms with Gasteiger partial charge in [-0.25, -0.2) is 4.98 Å². The van der Waals surface area contributed by atoms with Crippen molar-refractivity contribution in [3.63, 3.8) is 0 Å². The van der Waals surface area contributed by atoms with E-state index in [0.717, 1.165) is 32.1 Å². The number of hydrogen-bond acceptors (Lipinski definition) is 5. The van der Waals surface area contributed by atoms with E-state index >= 15 is 0 Å². The Bertz CT molecular complexity index is 854. The molecule has 5 nitrogen and oxygen atoms in total. The molecule has 29 heavy (non-hydrogen) atoms. The number of nitrogens with one attached hydrogen (secondary N) is 1. The number of likely N-dealkylation sites (tertiary alicyclic amines) is 1. The van der Waals surface area contributed by atoms with E-state index in [1.807, 2.05) is 7.05 Å². The van der Waals surface area contributed by atoms with Crippen LogP contribution in [0.25, 0.3) is 0 Å². The van der Waals surface area contributed by atoms with Crippen LogP contribution < -0.4 is 10.2 Å². The molecule has 10 heteroatoms. The molecule has 0 amide bonds. The molecule has 3 rings (SSSR count). The number of halogens is 5. The zero-order chi connectivity index (χ0) is 21.2. The van der Waals surface area contributed by atoms with Crippen LogP contribution in [0.4, 0.5) is 30.6 Å². The monoisotopic (exact) mass is 447 g/mol. The number of benzene rings is 1. The van der Waals surface area contributed by atoms with E-state index in [4.69, 9.17) is 23.2 Å². The predicted molar refractivity (Wildman–Crippen MR) is 110 cm³/mol. The van der Waals surface area contributed by atoms with Crippen LogP contribution in [0.15, 0.2) is 24.4 Å². The van der Waals surface area contributed by atoms with Crippen LogP contribution in [-0.4, -0.2) is 48.6 Å². The SMILES string of the molecule is CN1CCC(CN(C)c2nc(Nc3ccc(Cl)c(Cl)c3)ncc2C(F)(F)F)CC1. The molecule has 0 bridgehead atoms. The highest BCUT2D eigenvalue weighted by Gasteiger charge is 2.36. The number of nitrogens with zero attached hydrogens (tertiary/aromatic N) is 4. The fourth-order valence-corrected chi connectivity index (χ4v) is 3.64. The maximum atomic E-state index is 13.5. The Balaban J connectivity index is 1.84. The van der Waals surface area contributed by atoms with Crippen LogP contribution in [0, 0.1) is 5.92 Å². The second-order valence-electron chi connectivity index (χ2n) is 7.31. The number of alkyl halides is 3. The van der Waals surface area contributed by atoms with E-state index in [1.165, 1.54) is 0 Å². The number of piperidine rings is 1. The summed E-state index contributed by atoms with van der Waals surface area (Å²) in [6.45, 7) is 2.39. The summed E-state index contributed by atoms with van der Waals surface area (Å²) in [4.78, 5) is 11.8. The molecule has 0 atom stereocenters. The first-order valence-corrected chi connectivity index (χ1v) is 9.95. The van der Waals surface area contributed by atoms with Gasteiger partial charge in [-0.2, -0.15) is 18.2 Å². The van der Waals surface area contributed by atoms with Gasteiger partial charge in [0.15, 0.2) is 0 Å². The van der Waals surface area contributed by atoms with Gasteiger partial charge in [-0.05, 0) is 57.1 Å². The Morgan fingerprint density at radius 1 is 1.21 bits per heavy atom. The Labute approximate surface area is 177 Å². The molecule has 158 valence electrons. The van der Waals surface area contributed by atoms with E-state index < -0.39 is 11.7 Å². The number of hydrogen-bond donors (Lipinski definition) is 1. The van der Waals surface area contributed by atoms with Gasteiger partial charge < -0.3 is 15.1 Å². The molecule has 0 aliphatic carbocycles. The minimum Gasteiger partial charge on any atom is -0.359 e. The Morgan fingerprint density at radius 2 is 1.90 bits per heavy atom. The molecule has 1 saturated heterocycles. The van der Waals surface area contributed by atoms with Crippen LogP contribution >= 0.6 is 23.2 Å². The fraction of sp³-hybridized carbons (Fsp3) is 0.474. The van der Waals surface area contributed by atoms with Crippen molar-refractivity contribution in [2.45, 2.75) is 19.0 Å². The Morgan fingerprint density at radius 3 is 2.52 bits per heavy atom. The third-order valence-electron chi connectivity index (χ3n) is 4.98. The van der Waals surface area contributed by atoms with E-state index in [2.05, 4.69) is 20.2 Å². The number of rotatable bonds is 5. The highest BCUT2D eigenvalue weighted by molar-refractivity contribution is 6.42. The number of aromatic nitrogens is 2. The maximum Gasteiger partial charge on any atom is 0.421 e. The summed E-state index contributed by atoms with van der Waals surface area (Å²) in [7, 11) is 3.69. The van der Waals surface area contributed by atoms with Gasteiger partial charge in [0.25, 0.3) is 0 Å². The van der Waals surface area contributed by atoms with Crippen molar-refractivity contribution in [2.75, 3.05) is 43.9 Å². The summed E-state index contributed by atoms with van der Waals surface area (Å²) in [5.74, 6) is 0.231. The van der Waals surface area contributed by atoms with Crippen molar-refractivity contribution < 1.29 is 13.2 Å². The van der Waals surface area contributed by atoms with E-state index in [0.29, 0.717) is 28.2 Å². The largest absolute Gasteiger partial charge is 0.421 e. The van der Waals surface area contributed by atoms with Gasteiger partial charge in [0.1, 0.15) is 11.4 Å². The smallest absolute Gasteiger partial charge is 0.359 e. The fourth-order valence-electron chi connectivity index (χ4n) is 3.35. The lowest BCUT2D eigenvalue weighted by atomic mass is 9.96. The summed E-state index contributed by atoms with van der Waals surface area (Å²) in [6.07, 6.45) is -1.84. The van der Waals surface area contributed by atoms with Gasteiger partial charge >= 0.3 is 6.18 Å². The van der Waals surface area contributed by atoms with Crippen molar-refractivity contribution >= 4 is 40.7 Å².